The van der Waals surface area contributed by atoms with Crippen molar-refractivity contribution in [2.75, 3.05) is 32.1 Å². The van der Waals surface area contributed by atoms with Crippen LogP contribution in [0.1, 0.15) is 0 Å². The van der Waals surface area contributed by atoms with E-state index in [1.807, 2.05) is 11.9 Å². The molecule has 0 aliphatic carbocycles. The molecule has 0 amide bonds. The van der Waals surface area contributed by atoms with Gasteiger partial charge in [0.05, 0.1) is 17.8 Å². The number of halogens is 1. The lowest BCUT2D eigenvalue weighted by Crippen LogP contribution is -2.26. The van der Waals surface area contributed by atoms with Crippen LogP contribution in [0.2, 0.25) is 0 Å². The van der Waals surface area contributed by atoms with Gasteiger partial charge in [-0.3, -0.25) is 0 Å². The smallest absolute Gasteiger partial charge is 0.232 e. The lowest BCUT2D eigenvalue weighted by molar-refractivity contribution is 0.394. The van der Waals surface area contributed by atoms with Crippen LogP contribution in [-0.2, 0) is 0 Å². The summed E-state index contributed by atoms with van der Waals surface area (Å²) in [4.78, 5) is 10.2. The standard InChI is InChI=1S/C8H13BrN4O/c1-13(4-3-10)8-11-5-6(9)7(12-8)14-2/h5H,3-4,10H2,1-2H3. The summed E-state index contributed by atoms with van der Waals surface area (Å²) in [6.45, 7) is 1.28. The molecule has 0 aliphatic heterocycles. The van der Waals surface area contributed by atoms with E-state index in [2.05, 4.69) is 25.9 Å². The van der Waals surface area contributed by atoms with Crippen LogP contribution in [0.25, 0.3) is 0 Å². The topological polar surface area (TPSA) is 64.3 Å². The molecule has 1 rings (SSSR count). The van der Waals surface area contributed by atoms with Gasteiger partial charge in [-0.25, -0.2) is 4.98 Å². The molecule has 0 bridgehead atoms. The van der Waals surface area contributed by atoms with E-state index in [9.17, 15) is 0 Å². The number of nitrogens with two attached hydrogens (primary N) is 1. The number of methoxy groups -OCH3 is 1. The van der Waals surface area contributed by atoms with Gasteiger partial charge in [0.2, 0.25) is 11.8 Å². The molecule has 1 aromatic heterocycles. The first kappa shape index (κ1) is 11.2. The summed E-state index contributed by atoms with van der Waals surface area (Å²) in [7, 11) is 3.45. The van der Waals surface area contributed by atoms with E-state index >= 15 is 0 Å². The van der Waals surface area contributed by atoms with E-state index in [1.54, 1.807) is 13.3 Å². The molecule has 0 aliphatic rings. The summed E-state index contributed by atoms with van der Waals surface area (Å²) in [5.74, 6) is 1.13. The average Bonchev–Trinajstić information content (AvgIpc) is 2.19. The van der Waals surface area contributed by atoms with Crippen molar-refractivity contribution < 1.29 is 4.74 Å². The number of hydrogen-bond donors (Lipinski definition) is 1. The third-order valence-electron chi connectivity index (χ3n) is 1.70. The lowest BCUT2D eigenvalue weighted by Gasteiger charge is -2.16. The monoisotopic (exact) mass is 260 g/mol. The average molecular weight is 261 g/mol. The molecule has 0 fully saturated rings. The number of ether oxygens (including phenoxy) is 1. The summed E-state index contributed by atoms with van der Waals surface area (Å²) in [6, 6.07) is 0. The Labute approximate surface area is 91.4 Å². The molecule has 78 valence electrons. The van der Waals surface area contributed by atoms with Crippen LogP contribution in [0.5, 0.6) is 5.88 Å². The van der Waals surface area contributed by atoms with Gasteiger partial charge >= 0.3 is 0 Å². The number of nitrogens with zero attached hydrogens (tertiary/aromatic N) is 3. The van der Waals surface area contributed by atoms with Crippen LogP contribution in [0.3, 0.4) is 0 Å². The van der Waals surface area contributed by atoms with E-state index in [1.165, 1.54) is 0 Å². The van der Waals surface area contributed by atoms with Gasteiger partial charge in [0.25, 0.3) is 0 Å². The molecule has 0 atom stereocenters. The number of aromatic nitrogens is 2. The number of likely N-dealkylation sites (N-methyl/N-ethyl adjacent to an activating group) is 1. The highest BCUT2D eigenvalue weighted by atomic mass is 79.9. The van der Waals surface area contributed by atoms with Gasteiger partial charge in [-0.15, -0.1) is 0 Å². The van der Waals surface area contributed by atoms with Gasteiger partial charge in [0, 0.05) is 20.1 Å². The third kappa shape index (κ3) is 2.55. The first-order chi connectivity index (χ1) is 6.69. The summed E-state index contributed by atoms with van der Waals surface area (Å²) >= 11 is 3.29. The molecule has 0 spiro atoms. The van der Waals surface area contributed by atoms with E-state index in [4.69, 9.17) is 10.5 Å². The van der Waals surface area contributed by atoms with E-state index in [0.29, 0.717) is 24.9 Å². The third-order valence-corrected chi connectivity index (χ3v) is 2.24. The molecule has 0 unspecified atom stereocenters. The molecule has 0 saturated heterocycles. The summed E-state index contributed by atoms with van der Waals surface area (Å²) in [6.07, 6.45) is 1.66. The minimum Gasteiger partial charge on any atom is -0.480 e. The fourth-order valence-electron chi connectivity index (χ4n) is 0.963. The minimum absolute atomic E-state index is 0.527. The van der Waals surface area contributed by atoms with Crippen LogP contribution in [0, 0.1) is 0 Å². The SMILES string of the molecule is COc1nc(N(C)CCN)ncc1Br. The highest BCUT2D eigenvalue weighted by Crippen LogP contribution is 2.22. The summed E-state index contributed by atoms with van der Waals surface area (Å²) < 4.78 is 5.80. The van der Waals surface area contributed by atoms with Crippen molar-refractivity contribution in [1.29, 1.82) is 0 Å². The van der Waals surface area contributed by atoms with Crippen LogP contribution in [0.15, 0.2) is 10.7 Å². The van der Waals surface area contributed by atoms with E-state index in [0.717, 1.165) is 4.47 Å². The zero-order valence-electron chi connectivity index (χ0n) is 8.20. The Morgan fingerprint density at radius 1 is 1.64 bits per heavy atom. The first-order valence-corrected chi connectivity index (χ1v) is 4.96. The molecule has 1 heterocycles. The molecule has 14 heavy (non-hydrogen) atoms. The zero-order valence-corrected chi connectivity index (χ0v) is 9.78. The maximum Gasteiger partial charge on any atom is 0.232 e. The van der Waals surface area contributed by atoms with E-state index < -0.39 is 0 Å². The first-order valence-electron chi connectivity index (χ1n) is 4.16. The van der Waals surface area contributed by atoms with Crippen LogP contribution < -0.4 is 15.4 Å². The molecule has 0 aromatic carbocycles. The van der Waals surface area contributed by atoms with Crippen molar-refractivity contribution in [3.63, 3.8) is 0 Å². The van der Waals surface area contributed by atoms with Crippen molar-refractivity contribution in [3.8, 4) is 5.88 Å². The normalized spacial score (nSPS) is 10.0. The van der Waals surface area contributed by atoms with Crippen molar-refractivity contribution in [3.05, 3.63) is 10.7 Å². The van der Waals surface area contributed by atoms with Gasteiger partial charge in [-0.05, 0) is 15.9 Å². The number of anilines is 1. The van der Waals surface area contributed by atoms with Crippen molar-refractivity contribution in [1.82, 2.24) is 9.97 Å². The van der Waals surface area contributed by atoms with Gasteiger partial charge in [0.15, 0.2) is 0 Å². The summed E-state index contributed by atoms with van der Waals surface area (Å²) in [5, 5.41) is 0. The molecule has 0 saturated carbocycles. The van der Waals surface area contributed by atoms with Gasteiger partial charge < -0.3 is 15.4 Å². The molecule has 1 aromatic rings. The largest absolute Gasteiger partial charge is 0.480 e. The predicted molar refractivity (Wildman–Crippen MR) is 58.6 cm³/mol. The van der Waals surface area contributed by atoms with Gasteiger partial charge in [0.1, 0.15) is 0 Å². The van der Waals surface area contributed by atoms with Gasteiger partial charge in [-0.2, -0.15) is 4.98 Å². The Hall–Kier alpha value is -0.880. The molecule has 0 radical (unpaired) electrons. The van der Waals surface area contributed by atoms with Crippen molar-refractivity contribution >= 4 is 21.9 Å². The van der Waals surface area contributed by atoms with Crippen LogP contribution in [0.4, 0.5) is 5.95 Å². The maximum atomic E-state index is 5.43. The Balaban J connectivity index is 2.88. The molecular weight excluding hydrogens is 248 g/mol. The zero-order chi connectivity index (χ0) is 10.6. The quantitative estimate of drug-likeness (QED) is 0.861. The fraction of sp³-hybridized carbons (Fsp3) is 0.500. The maximum absolute atomic E-state index is 5.43. The highest BCUT2D eigenvalue weighted by molar-refractivity contribution is 9.10. The second kappa shape index (κ2) is 5.11. The lowest BCUT2D eigenvalue weighted by atomic mass is 10.5. The van der Waals surface area contributed by atoms with Gasteiger partial charge in [-0.1, -0.05) is 0 Å². The minimum atomic E-state index is 0.527. The predicted octanol–water partition coefficient (Wildman–Crippen LogP) is 0.643. The second-order valence-electron chi connectivity index (χ2n) is 2.74. The molecule has 6 heteroatoms. The van der Waals surface area contributed by atoms with Crippen LogP contribution >= 0.6 is 15.9 Å². The molecule has 5 nitrogen and oxygen atoms in total. The Kier molecular flexibility index (Phi) is 4.09. The Morgan fingerprint density at radius 2 is 2.36 bits per heavy atom. The summed E-state index contributed by atoms with van der Waals surface area (Å²) in [5.41, 5.74) is 5.43. The number of hydrogen-bond acceptors (Lipinski definition) is 5. The van der Waals surface area contributed by atoms with Crippen molar-refractivity contribution in [2.24, 2.45) is 5.73 Å². The van der Waals surface area contributed by atoms with E-state index in [-0.39, 0.29) is 0 Å². The number of rotatable bonds is 4. The highest BCUT2D eigenvalue weighted by Gasteiger charge is 2.07. The van der Waals surface area contributed by atoms with Crippen molar-refractivity contribution in [2.45, 2.75) is 0 Å². The van der Waals surface area contributed by atoms with Crippen LogP contribution in [-0.4, -0.2) is 37.2 Å². The fourth-order valence-corrected chi connectivity index (χ4v) is 1.32. The molecule has 2 N–H and O–H groups in total. The molecular formula is C8H13BrN4O. The second-order valence-corrected chi connectivity index (χ2v) is 3.59. The Bertz CT molecular complexity index is 307. The Morgan fingerprint density at radius 3 is 2.93 bits per heavy atom.